The van der Waals surface area contributed by atoms with Crippen molar-refractivity contribution in [3.63, 3.8) is 0 Å². The van der Waals surface area contributed by atoms with Gasteiger partial charge in [-0.2, -0.15) is 0 Å². The van der Waals surface area contributed by atoms with E-state index in [1.54, 1.807) is 72.8 Å². The summed E-state index contributed by atoms with van der Waals surface area (Å²) >= 11 is 23.5. The van der Waals surface area contributed by atoms with Gasteiger partial charge in [0, 0.05) is 32.8 Å². The van der Waals surface area contributed by atoms with E-state index in [0.29, 0.717) is 49.0 Å². The third-order valence-corrected chi connectivity index (χ3v) is 5.96. The lowest BCUT2D eigenvalue weighted by atomic mass is 10.0. The average molecular weight is 556 g/mol. The van der Waals surface area contributed by atoms with Crippen molar-refractivity contribution in [2.24, 2.45) is 0 Å². The summed E-state index contributed by atoms with van der Waals surface area (Å²) in [4.78, 5) is 25.3. The highest BCUT2D eigenvalue weighted by molar-refractivity contribution is 7.80. The molecule has 0 saturated heterocycles. The molecular weight excluding hydrogens is 539 g/mol. The second-order valence-electron chi connectivity index (χ2n) is 7.49. The molecule has 0 bridgehead atoms. The lowest BCUT2D eigenvalue weighted by Crippen LogP contribution is -2.33. The van der Waals surface area contributed by atoms with Gasteiger partial charge in [-0.25, -0.2) is 0 Å². The average Bonchev–Trinajstić information content (AvgIpc) is 3.32. The third-order valence-electron chi connectivity index (χ3n) is 4.97. The van der Waals surface area contributed by atoms with Crippen molar-refractivity contribution < 1.29 is 14.0 Å². The van der Waals surface area contributed by atoms with Gasteiger partial charge in [0.15, 0.2) is 10.9 Å². The van der Waals surface area contributed by atoms with E-state index in [9.17, 15) is 9.59 Å². The van der Waals surface area contributed by atoms with Crippen molar-refractivity contribution in [3.8, 4) is 11.3 Å². The summed E-state index contributed by atoms with van der Waals surface area (Å²) < 4.78 is 5.74. The van der Waals surface area contributed by atoms with E-state index in [4.69, 9.17) is 51.4 Å². The molecule has 5 nitrogen and oxygen atoms in total. The molecular formula is C27H17Cl3N2O3S. The Hall–Kier alpha value is -3.42. The quantitative estimate of drug-likeness (QED) is 0.145. The summed E-state index contributed by atoms with van der Waals surface area (Å²) in [5.41, 5.74) is 1.92. The molecule has 4 aromatic rings. The van der Waals surface area contributed by atoms with Crippen LogP contribution >= 0.6 is 47.0 Å². The number of amides is 1. The fourth-order valence-electron chi connectivity index (χ4n) is 3.30. The predicted molar refractivity (Wildman–Crippen MR) is 149 cm³/mol. The summed E-state index contributed by atoms with van der Waals surface area (Å²) in [6.07, 6.45) is 2.77. The molecule has 0 aliphatic heterocycles. The molecule has 3 aromatic carbocycles. The van der Waals surface area contributed by atoms with E-state index in [-0.39, 0.29) is 10.9 Å². The molecule has 0 fully saturated rings. The smallest absolute Gasteiger partial charge is 0.250 e. The normalized spacial score (nSPS) is 10.9. The number of thiocarbonyl (C=S) groups is 1. The zero-order valence-corrected chi connectivity index (χ0v) is 21.5. The molecule has 0 radical (unpaired) electrons. The van der Waals surface area contributed by atoms with Crippen LogP contribution < -0.4 is 10.6 Å². The maximum Gasteiger partial charge on any atom is 0.250 e. The van der Waals surface area contributed by atoms with Crippen molar-refractivity contribution in [2.75, 3.05) is 5.32 Å². The van der Waals surface area contributed by atoms with Crippen LogP contribution in [0.25, 0.3) is 17.4 Å². The van der Waals surface area contributed by atoms with E-state index < -0.39 is 5.91 Å². The molecule has 0 aliphatic rings. The number of halogens is 3. The second-order valence-corrected chi connectivity index (χ2v) is 9.18. The maximum atomic E-state index is 13.0. The molecule has 0 spiro atoms. The Bertz CT molecular complexity index is 1480. The number of hydrogen-bond donors (Lipinski definition) is 2. The first kappa shape index (κ1) is 25.7. The van der Waals surface area contributed by atoms with Crippen molar-refractivity contribution >= 4 is 75.6 Å². The van der Waals surface area contributed by atoms with Gasteiger partial charge >= 0.3 is 0 Å². The minimum Gasteiger partial charge on any atom is -0.457 e. The van der Waals surface area contributed by atoms with Gasteiger partial charge in [0.2, 0.25) is 5.91 Å². The Morgan fingerprint density at radius 3 is 2.33 bits per heavy atom. The molecule has 36 heavy (non-hydrogen) atoms. The summed E-state index contributed by atoms with van der Waals surface area (Å²) in [7, 11) is 0. The van der Waals surface area contributed by atoms with E-state index in [0.717, 1.165) is 0 Å². The van der Waals surface area contributed by atoms with Crippen LogP contribution in [0.3, 0.4) is 0 Å². The van der Waals surface area contributed by atoms with Gasteiger partial charge in [0.25, 0.3) is 0 Å². The molecule has 0 atom stereocenters. The Morgan fingerprint density at radius 2 is 1.58 bits per heavy atom. The Balaban J connectivity index is 1.41. The van der Waals surface area contributed by atoms with Crippen molar-refractivity contribution in [1.29, 1.82) is 0 Å². The number of furan rings is 1. The maximum absolute atomic E-state index is 13.0. The molecule has 180 valence electrons. The van der Waals surface area contributed by atoms with Crippen molar-refractivity contribution in [1.82, 2.24) is 5.32 Å². The highest BCUT2D eigenvalue weighted by atomic mass is 35.5. The first-order valence-electron chi connectivity index (χ1n) is 10.5. The highest BCUT2D eigenvalue weighted by Crippen LogP contribution is 2.31. The Kier molecular flexibility index (Phi) is 8.23. The number of nitrogens with one attached hydrogen (secondary N) is 2. The molecule has 1 heterocycles. The summed E-state index contributed by atoms with van der Waals surface area (Å²) in [6.45, 7) is 0. The number of rotatable bonds is 6. The first-order valence-corrected chi connectivity index (χ1v) is 12.1. The Labute approximate surface area is 227 Å². The molecule has 0 saturated carbocycles. The van der Waals surface area contributed by atoms with Gasteiger partial charge in [-0.05, 0) is 66.8 Å². The van der Waals surface area contributed by atoms with Crippen LogP contribution in [0.5, 0.6) is 0 Å². The number of benzene rings is 3. The van der Waals surface area contributed by atoms with Crippen LogP contribution in [0.2, 0.25) is 15.1 Å². The van der Waals surface area contributed by atoms with Crippen LogP contribution in [0, 0.1) is 0 Å². The number of hydrogen-bond acceptors (Lipinski definition) is 4. The Morgan fingerprint density at radius 1 is 0.861 bits per heavy atom. The largest absolute Gasteiger partial charge is 0.457 e. The molecule has 4 rings (SSSR count). The number of ketones is 1. The highest BCUT2D eigenvalue weighted by Gasteiger charge is 2.16. The third kappa shape index (κ3) is 6.42. The van der Waals surface area contributed by atoms with Gasteiger partial charge in [-0.3, -0.25) is 14.9 Å². The van der Waals surface area contributed by atoms with E-state index >= 15 is 0 Å². The second kappa shape index (κ2) is 11.5. The zero-order chi connectivity index (χ0) is 25.7. The van der Waals surface area contributed by atoms with Gasteiger partial charge in [0.05, 0.1) is 10.7 Å². The van der Waals surface area contributed by atoms with Crippen LogP contribution in [0.4, 0.5) is 5.69 Å². The van der Waals surface area contributed by atoms with Crippen LogP contribution in [-0.4, -0.2) is 16.8 Å². The SMILES string of the molecule is O=C(/C=C/c1ccc(-c2ccc(Cl)cc2Cl)o1)NC(=S)Nc1ccc(Cl)cc1C(=O)c1ccccc1. The van der Waals surface area contributed by atoms with E-state index in [1.165, 1.54) is 12.2 Å². The summed E-state index contributed by atoms with van der Waals surface area (Å²) in [5, 5.41) is 6.82. The van der Waals surface area contributed by atoms with Crippen molar-refractivity contribution in [3.05, 3.63) is 117 Å². The minimum absolute atomic E-state index is 0.0159. The van der Waals surface area contributed by atoms with E-state index in [1.807, 2.05) is 6.07 Å². The molecule has 0 unspecified atom stereocenters. The molecule has 0 aliphatic carbocycles. The van der Waals surface area contributed by atoms with Gasteiger partial charge in [-0.15, -0.1) is 0 Å². The minimum atomic E-state index is -0.486. The van der Waals surface area contributed by atoms with Crippen molar-refractivity contribution in [2.45, 2.75) is 0 Å². The number of carbonyl (C=O) groups excluding carboxylic acids is 2. The fraction of sp³-hybridized carbons (Fsp3) is 0. The molecule has 9 heteroatoms. The topological polar surface area (TPSA) is 71.3 Å². The van der Waals surface area contributed by atoms with Gasteiger partial charge < -0.3 is 9.73 Å². The molecule has 2 N–H and O–H groups in total. The summed E-state index contributed by atoms with van der Waals surface area (Å²) in [5.74, 6) is 0.259. The summed E-state index contributed by atoms with van der Waals surface area (Å²) in [6, 6.07) is 22.1. The lowest BCUT2D eigenvalue weighted by Gasteiger charge is -2.13. The monoisotopic (exact) mass is 554 g/mol. The van der Waals surface area contributed by atoms with Gasteiger partial charge in [-0.1, -0.05) is 65.1 Å². The van der Waals surface area contributed by atoms with Crippen LogP contribution in [0.15, 0.2) is 89.4 Å². The number of carbonyl (C=O) groups is 2. The number of anilines is 1. The van der Waals surface area contributed by atoms with Crippen LogP contribution in [0.1, 0.15) is 21.7 Å². The van der Waals surface area contributed by atoms with Gasteiger partial charge in [0.1, 0.15) is 11.5 Å². The van der Waals surface area contributed by atoms with Crippen LogP contribution in [-0.2, 0) is 4.79 Å². The molecule has 1 amide bonds. The first-order chi connectivity index (χ1) is 17.3. The van der Waals surface area contributed by atoms with E-state index in [2.05, 4.69) is 10.6 Å². The predicted octanol–water partition coefficient (Wildman–Crippen LogP) is 7.66. The molecule has 1 aromatic heterocycles. The fourth-order valence-corrected chi connectivity index (χ4v) is 4.18. The zero-order valence-electron chi connectivity index (χ0n) is 18.4. The standard InChI is InChI=1S/C27H17Cl3N2O3S/c28-17-7-11-23(21(14-17)26(34)16-4-2-1-3-5-16)31-27(36)32-25(33)13-9-19-8-12-24(35-19)20-10-6-18(29)15-22(20)30/h1-15H,(H2,31,32,33,36)/b13-9+. The lowest BCUT2D eigenvalue weighted by molar-refractivity contribution is -0.115.